The van der Waals surface area contributed by atoms with Gasteiger partial charge in [0.25, 0.3) is 0 Å². The first-order chi connectivity index (χ1) is 9.74. The fraction of sp³-hybridized carbons (Fsp3) is 0.867. The molecule has 2 heterocycles. The number of amides is 2. The second-order valence-corrected chi connectivity index (χ2v) is 7.08. The SMILES string of the molecule is CC1CN(C(=O)N2CCCC(C)(C)C2C(=O)O)CCN1C. The number of carbonyl (C=O) groups is 2. The summed E-state index contributed by atoms with van der Waals surface area (Å²) < 4.78 is 0. The fourth-order valence-electron chi connectivity index (χ4n) is 3.47. The van der Waals surface area contributed by atoms with Crippen LogP contribution in [0.3, 0.4) is 0 Å². The van der Waals surface area contributed by atoms with E-state index in [2.05, 4.69) is 18.9 Å². The van der Waals surface area contributed by atoms with Crippen molar-refractivity contribution in [2.24, 2.45) is 5.41 Å². The molecule has 2 aliphatic rings. The fourth-order valence-corrected chi connectivity index (χ4v) is 3.47. The Balaban J connectivity index is 2.15. The Bertz CT molecular complexity index is 424. The number of urea groups is 1. The Morgan fingerprint density at radius 3 is 2.43 bits per heavy atom. The van der Waals surface area contributed by atoms with Crippen molar-refractivity contribution in [3.05, 3.63) is 0 Å². The molecule has 0 bridgehead atoms. The summed E-state index contributed by atoms with van der Waals surface area (Å²) in [4.78, 5) is 30.0. The molecule has 2 aliphatic heterocycles. The van der Waals surface area contributed by atoms with Crippen molar-refractivity contribution in [1.82, 2.24) is 14.7 Å². The van der Waals surface area contributed by atoms with Crippen LogP contribution in [-0.2, 0) is 4.79 Å². The van der Waals surface area contributed by atoms with E-state index >= 15 is 0 Å². The van der Waals surface area contributed by atoms with Crippen LogP contribution in [-0.4, -0.2) is 77.1 Å². The van der Waals surface area contributed by atoms with Gasteiger partial charge in [0.15, 0.2) is 0 Å². The monoisotopic (exact) mass is 297 g/mol. The minimum atomic E-state index is -0.893. The maximum absolute atomic E-state index is 12.8. The second kappa shape index (κ2) is 5.83. The van der Waals surface area contributed by atoms with Crippen LogP contribution in [0.2, 0.25) is 0 Å². The van der Waals surface area contributed by atoms with Crippen molar-refractivity contribution >= 4 is 12.0 Å². The predicted octanol–water partition coefficient (Wildman–Crippen LogP) is 1.32. The first kappa shape index (κ1) is 16.1. The average molecular weight is 297 g/mol. The maximum atomic E-state index is 12.8. The van der Waals surface area contributed by atoms with Gasteiger partial charge in [-0.25, -0.2) is 9.59 Å². The number of likely N-dealkylation sites (tertiary alicyclic amines) is 1. The molecule has 2 unspecified atom stereocenters. The third kappa shape index (κ3) is 3.15. The molecule has 21 heavy (non-hydrogen) atoms. The molecule has 0 aromatic carbocycles. The highest BCUT2D eigenvalue weighted by atomic mass is 16.4. The highest BCUT2D eigenvalue weighted by Gasteiger charge is 2.45. The number of piperidine rings is 1. The highest BCUT2D eigenvalue weighted by Crippen LogP contribution is 2.36. The maximum Gasteiger partial charge on any atom is 0.327 e. The Kier molecular flexibility index (Phi) is 4.46. The molecule has 2 atom stereocenters. The summed E-state index contributed by atoms with van der Waals surface area (Å²) in [5.41, 5.74) is -0.377. The lowest BCUT2D eigenvalue weighted by Crippen LogP contribution is -2.62. The standard InChI is InChI=1S/C15H27N3O3/c1-11-10-17(9-8-16(11)4)14(21)18-7-5-6-15(2,3)12(18)13(19)20/h11-12H,5-10H2,1-4H3,(H,19,20). The molecule has 6 heteroatoms. The lowest BCUT2D eigenvalue weighted by molar-refractivity contribution is -0.148. The van der Waals surface area contributed by atoms with Gasteiger partial charge in [0.2, 0.25) is 0 Å². The largest absolute Gasteiger partial charge is 0.480 e. The number of nitrogens with zero attached hydrogens (tertiary/aromatic N) is 3. The van der Waals surface area contributed by atoms with Gasteiger partial charge in [-0.1, -0.05) is 13.8 Å². The van der Waals surface area contributed by atoms with E-state index in [1.807, 2.05) is 18.7 Å². The third-order valence-corrected chi connectivity index (χ3v) is 4.98. The summed E-state index contributed by atoms with van der Waals surface area (Å²) in [6.45, 7) is 8.69. The zero-order valence-corrected chi connectivity index (χ0v) is 13.5. The van der Waals surface area contributed by atoms with Gasteiger partial charge in [0.1, 0.15) is 6.04 Å². The molecule has 2 saturated heterocycles. The molecule has 0 aliphatic carbocycles. The molecular weight excluding hydrogens is 270 g/mol. The van der Waals surface area contributed by atoms with E-state index in [0.717, 1.165) is 19.4 Å². The van der Waals surface area contributed by atoms with Gasteiger partial charge in [0.05, 0.1) is 0 Å². The van der Waals surface area contributed by atoms with Crippen LogP contribution in [0.4, 0.5) is 4.79 Å². The Labute approximate surface area is 126 Å². The molecule has 2 rings (SSSR count). The summed E-state index contributed by atoms with van der Waals surface area (Å²) in [6.07, 6.45) is 1.71. The molecule has 0 saturated carbocycles. The number of carboxylic acid groups (broad SMARTS) is 1. The van der Waals surface area contributed by atoms with Crippen LogP contribution >= 0.6 is 0 Å². The van der Waals surface area contributed by atoms with E-state index in [0.29, 0.717) is 25.7 Å². The highest BCUT2D eigenvalue weighted by molar-refractivity contribution is 5.83. The van der Waals surface area contributed by atoms with Gasteiger partial charge in [-0.05, 0) is 32.2 Å². The molecular formula is C15H27N3O3. The number of rotatable bonds is 1. The van der Waals surface area contributed by atoms with E-state index in [1.165, 1.54) is 0 Å². The summed E-state index contributed by atoms with van der Waals surface area (Å²) in [5, 5.41) is 9.56. The average Bonchev–Trinajstić information content (AvgIpc) is 2.39. The molecule has 2 fully saturated rings. The van der Waals surface area contributed by atoms with Crippen LogP contribution in [0.5, 0.6) is 0 Å². The topological polar surface area (TPSA) is 64.1 Å². The number of hydrogen-bond acceptors (Lipinski definition) is 3. The first-order valence-electron chi connectivity index (χ1n) is 7.72. The van der Waals surface area contributed by atoms with Crippen molar-refractivity contribution in [1.29, 1.82) is 0 Å². The van der Waals surface area contributed by atoms with E-state index < -0.39 is 12.0 Å². The van der Waals surface area contributed by atoms with Gasteiger partial charge < -0.3 is 19.8 Å². The van der Waals surface area contributed by atoms with E-state index in [-0.39, 0.29) is 11.4 Å². The number of hydrogen-bond donors (Lipinski definition) is 1. The van der Waals surface area contributed by atoms with Gasteiger partial charge in [0, 0.05) is 32.2 Å². The van der Waals surface area contributed by atoms with E-state index in [1.54, 1.807) is 4.90 Å². The molecule has 0 aromatic rings. The van der Waals surface area contributed by atoms with Crippen molar-refractivity contribution in [3.63, 3.8) is 0 Å². The molecule has 0 spiro atoms. The molecule has 120 valence electrons. The van der Waals surface area contributed by atoms with Crippen LogP contribution in [0.25, 0.3) is 0 Å². The van der Waals surface area contributed by atoms with Gasteiger partial charge in [-0.15, -0.1) is 0 Å². The Hall–Kier alpha value is -1.30. The molecule has 0 radical (unpaired) electrons. The normalized spacial score (nSPS) is 30.3. The quantitative estimate of drug-likeness (QED) is 0.793. The van der Waals surface area contributed by atoms with E-state index in [9.17, 15) is 14.7 Å². The zero-order valence-electron chi connectivity index (χ0n) is 13.5. The smallest absolute Gasteiger partial charge is 0.327 e. The van der Waals surface area contributed by atoms with Crippen molar-refractivity contribution in [3.8, 4) is 0 Å². The third-order valence-electron chi connectivity index (χ3n) is 4.98. The van der Waals surface area contributed by atoms with E-state index in [4.69, 9.17) is 0 Å². The molecule has 2 amide bonds. The number of aliphatic carboxylic acids is 1. The minimum absolute atomic E-state index is 0.116. The number of carboxylic acids is 1. The molecule has 1 N–H and O–H groups in total. The van der Waals surface area contributed by atoms with Crippen molar-refractivity contribution in [2.45, 2.75) is 45.7 Å². The van der Waals surface area contributed by atoms with Gasteiger partial charge in [-0.3, -0.25) is 0 Å². The summed E-state index contributed by atoms with van der Waals surface area (Å²) in [6, 6.07) is -0.535. The Morgan fingerprint density at radius 2 is 1.86 bits per heavy atom. The van der Waals surface area contributed by atoms with Crippen molar-refractivity contribution in [2.75, 3.05) is 33.2 Å². The number of likely N-dealkylation sites (N-methyl/N-ethyl adjacent to an activating group) is 1. The first-order valence-corrected chi connectivity index (χ1v) is 7.72. The second-order valence-electron chi connectivity index (χ2n) is 7.08. The van der Waals surface area contributed by atoms with Crippen molar-refractivity contribution < 1.29 is 14.7 Å². The molecule has 6 nitrogen and oxygen atoms in total. The Morgan fingerprint density at radius 1 is 1.19 bits per heavy atom. The summed E-state index contributed by atoms with van der Waals surface area (Å²) >= 11 is 0. The van der Waals surface area contributed by atoms with Gasteiger partial charge in [-0.2, -0.15) is 0 Å². The number of carbonyl (C=O) groups excluding carboxylic acids is 1. The summed E-state index contributed by atoms with van der Waals surface area (Å²) in [5.74, 6) is -0.893. The predicted molar refractivity (Wildman–Crippen MR) is 80.2 cm³/mol. The lowest BCUT2D eigenvalue weighted by Gasteiger charge is -2.47. The van der Waals surface area contributed by atoms with Crippen LogP contribution in [0, 0.1) is 5.41 Å². The molecule has 0 aromatic heterocycles. The van der Waals surface area contributed by atoms with Crippen LogP contribution < -0.4 is 0 Å². The van der Waals surface area contributed by atoms with Gasteiger partial charge >= 0.3 is 12.0 Å². The lowest BCUT2D eigenvalue weighted by atomic mass is 9.76. The number of piperazine rings is 1. The summed E-state index contributed by atoms with van der Waals surface area (Å²) in [7, 11) is 2.05. The minimum Gasteiger partial charge on any atom is -0.480 e. The van der Waals surface area contributed by atoms with Crippen LogP contribution in [0.1, 0.15) is 33.6 Å². The zero-order chi connectivity index (χ0) is 15.8. The van der Waals surface area contributed by atoms with Crippen LogP contribution in [0.15, 0.2) is 0 Å².